The maximum atomic E-state index is 12.4. The first kappa shape index (κ1) is 17.9. The Morgan fingerprint density at radius 3 is 2.31 bits per heavy atom. The molecule has 26 heavy (non-hydrogen) atoms. The van der Waals surface area contributed by atoms with Crippen molar-refractivity contribution in [3.63, 3.8) is 0 Å². The molecule has 1 fully saturated rings. The van der Waals surface area contributed by atoms with Crippen LogP contribution in [-0.2, 0) is 9.59 Å². The van der Waals surface area contributed by atoms with Crippen molar-refractivity contribution in [2.45, 2.75) is 19.8 Å². The molecule has 0 saturated carbocycles. The van der Waals surface area contributed by atoms with Gasteiger partial charge in [-0.25, -0.2) is 0 Å². The Kier molecular flexibility index (Phi) is 5.84. The van der Waals surface area contributed by atoms with Crippen LogP contribution in [0.5, 0.6) is 0 Å². The summed E-state index contributed by atoms with van der Waals surface area (Å²) < 4.78 is 0. The van der Waals surface area contributed by atoms with Crippen molar-refractivity contribution in [2.24, 2.45) is 5.92 Å². The maximum absolute atomic E-state index is 12.4. The monoisotopic (exact) mass is 348 g/mol. The first-order valence-corrected chi connectivity index (χ1v) is 9.01. The second-order valence-electron chi connectivity index (χ2n) is 6.70. The predicted molar refractivity (Wildman–Crippen MR) is 105 cm³/mol. The van der Waals surface area contributed by atoms with Crippen LogP contribution in [0.4, 0.5) is 5.69 Å². The second-order valence-corrected chi connectivity index (χ2v) is 6.70. The van der Waals surface area contributed by atoms with Gasteiger partial charge in [-0.1, -0.05) is 48.0 Å². The van der Waals surface area contributed by atoms with Gasteiger partial charge in [0.25, 0.3) is 0 Å². The molecule has 0 atom stereocenters. The lowest BCUT2D eigenvalue weighted by molar-refractivity contribution is -0.130. The van der Waals surface area contributed by atoms with E-state index in [9.17, 15) is 9.59 Å². The Labute approximate surface area is 154 Å². The van der Waals surface area contributed by atoms with Crippen LogP contribution >= 0.6 is 0 Å². The lowest BCUT2D eigenvalue weighted by Gasteiger charge is -2.30. The van der Waals surface area contributed by atoms with E-state index in [1.165, 1.54) is 5.56 Å². The van der Waals surface area contributed by atoms with Crippen molar-refractivity contribution in [1.29, 1.82) is 0 Å². The van der Waals surface area contributed by atoms with Crippen LogP contribution in [0.1, 0.15) is 24.0 Å². The zero-order chi connectivity index (χ0) is 18.4. The molecule has 0 bridgehead atoms. The van der Waals surface area contributed by atoms with Gasteiger partial charge in [0.15, 0.2) is 0 Å². The number of hydrogen-bond acceptors (Lipinski definition) is 2. The highest BCUT2D eigenvalue weighted by atomic mass is 16.2. The standard InChI is InChI=1S/C22H24N2O2/c1-17-7-10-20(11-8-17)23-22(26)19-13-15-24(16-14-19)21(25)12-9-18-5-3-2-4-6-18/h2-12,19H,13-16H2,1H3,(H,23,26). The van der Waals surface area contributed by atoms with Crippen LogP contribution in [0.2, 0.25) is 0 Å². The van der Waals surface area contributed by atoms with E-state index in [1.54, 1.807) is 6.08 Å². The minimum atomic E-state index is -0.0431. The van der Waals surface area contributed by atoms with E-state index in [0.717, 1.165) is 11.3 Å². The molecule has 1 aliphatic heterocycles. The van der Waals surface area contributed by atoms with Gasteiger partial charge in [-0.2, -0.15) is 0 Å². The molecule has 1 heterocycles. The average Bonchev–Trinajstić information content (AvgIpc) is 2.69. The van der Waals surface area contributed by atoms with Crippen LogP contribution in [0.15, 0.2) is 60.7 Å². The number of benzene rings is 2. The molecule has 0 aliphatic carbocycles. The van der Waals surface area contributed by atoms with E-state index in [4.69, 9.17) is 0 Å². The van der Waals surface area contributed by atoms with Gasteiger partial charge in [-0.15, -0.1) is 0 Å². The molecular weight excluding hydrogens is 324 g/mol. The fourth-order valence-electron chi connectivity index (χ4n) is 3.08. The number of amides is 2. The van der Waals surface area contributed by atoms with Crippen molar-refractivity contribution in [3.8, 4) is 0 Å². The Hall–Kier alpha value is -2.88. The first-order valence-electron chi connectivity index (χ1n) is 9.01. The normalized spacial score (nSPS) is 15.2. The summed E-state index contributed by atoms with van der Waals surface area (Å²) in [5.41, 5.74) is 3.00. The zero-order valence-electron chi connectivity index (χ0n) is 15.0. The van der Waals surface area contributed by atoms with Crippen LogP contribution in [0.25, 0.3) is 6.08 Å². The molecule has 0 spiro atoms. The molecule has 2 amide bonds. The number of nitrogens with zero attached hydrogens (tertiary/aromatic N) is 1. The van der Waals surface area contributed by atoms with Crippen LogP contribution in [-0.4, -0.2) is 29.8 Å². The van der Waals surface area contributed by atoms with Gasteiger partial charge in [0, 0.05) is 30.8 Å². The van der Waals surface area contributed by atoms with Crippen LogP contribution < -0.4 is 5.32 Å². The fourth-order valence-corrected chi connectivity index (χ4v) is 3.08. The smallest absolute Gasteiger partial charge is 0.246 e. The largest absolute Gasteiger partial charge is 0.339 e. The van der Waals surface area contributed by atoms with E-state index in [-0.39, 0.29) is 17.7 Å². The Balaban J connectivity index is 1.49. The number of aryl methyl sites for hydroxylation is 1. The molecule has 4 heteroatoms. The van der Waals surface area contributed by atoms with Gasteiger partial charge in [-0.3, -0.25) is 9.59 Å². The third kappa shape index (κ3) is 4.82. The summed E-state index contributed by atoms with van der Waals surface area (Å²) in [7, 11) is 0. The number of carbonyl (C=O) groups excluding carboxylic acids is 2. The Morgan fingerprint density at radius 2 is 1.65 bits per heavy atom. The van der Waals surface area contributed by atoms with Gasteiger partial charge in [-0.05, 0) is 43.5 Å². The Morgan fingerprint density at radius 1 is 1.00 bits per heavy atom. The highest BCUT2D eigenvalue weighted by Gasteiger charge is 2.26. The summed E-state index contributed by atoms with van der Waals surface area (Å²) in [4.78, 5) is 26.5. The quantitative estimate of drug-likeness (QED) is 0.852. The number of carbonyl (C=O) groups is 2. The number of anilines is 1. The predicted octanol–water partition coefficient (Wildman–Crippen LogP) is 3.89. The van der Waals surface area contributed by atoms with Gasteiger partial charge >= 0.3 is 0 Å². The van der Waals surface area contributed by atoms with Crippen molar-refractivity contribution < 1.29 is 9.59 Å². The third-order valence-corrected chi connectivity index (χ3v) is 4.71. The summed E-state index contributed by atoms with van der Waals surface area (Å²) in [5.74, 6) is 0.00508. The minimum Gasteiger partial charge on any atom is -0.339 e. The van der Waals surface area contributed by atoms with Gasteiger partial charge in [0.2, 0.25) is 11.8 Å². The van der Waals surface area contributed by atoms with Gasteiger partial charge in [0.1, 0.15) is 0 Å². The topological polar surface area (TPSA) is 49.4 Å². The third-order valence-electron chi connectivity index (χ3n) is 4.71. The Bertz CT molecular complexity index is 774. The van der Waals surface area contributed by atoms with E-state index in [1.807, 2.05) is 72.5 Å². The SMILES string of the molecule is Cc1ccc(NC(=O)C2CCN(C(=O)C=Cc3ccccc3)CC2)cc1. The zero-order valence-corrected chi connectivity index (χ0v) is 15.0. The van der Waals surface area contributed by atoms with Crippen LogP contribution in [0, 0.1) is 12.8 Å². The molecule has 0 radical (unpaired) electrons. The highest BCUT2D eigenvalue weighted by Crippen LogP contribution is 2.20. The van der Waals surface area contributed by atoms with E-state index < -0.39 is 0 Å². The number of rotatable bonds is 4. The molecule has 134 valence electrons. The number of hydrogen-bond donors (Lipinski definition) is 1. The van der Waals surface area contributed by atoms with E-state index >= 15 is 0 Å². The van der Waals surface area contributed by atoms with Crippen LogP contribution in [0.3, 0.4) is 0 Å². The average molecular weight is 348 g/mol. The summed E-state index contributed by atoms with van der Waals surface area (Å²) in [6, 6.07) is 17.6. The molecule has 1 N–H and O–H groups in total. The van der Waals surface area contributed by atoms with Crippen molar-refractivity contribution >= 4 is 23.6 Å². The summed E-state index contributed by atoms with van der Waals surface area (Å²) >= 11 is 0. The molecule has 0 unspecified atom stereocenters. The highest BCUT2D eigenvalue weighted by molar-refractivity contribution is 5.94. The number of piperidine rings is 1. The molecular formula is C22H24N2O2. The van der Waals surface area contributed by atoms with Gasteiger partial charge in [0.05, 0.1) is 0 Å². The fraction of sp³-hybridized carbons (Fsp3) is 0.273. The molecule has 0 aromatic heterocycles. The summed E-state index contributed by atoms with van der Waals surface area (Å²) in [5, 5.41) is 2.97. The summed E-state index contributed by atoms with van der Waals surface area (Å²) in [6.45, 7) is 3.25. The first-order chi connectivity index (χ1) is 12.6. The molecule has 2 aromatic carbocycles. The van der Waals surface area contributed by atoms with Crippen molar-refractivity contribution in [2.75, 3.05) is 18.4 Å². The number of nitrogens with one attached hydrogen (secondary N) is 1. The van der Waals surface area contributed by atoms with Crippen molar-refractivity contribution in [1.82, 2.24) is 4.90 Å². The van der Waals surface area contributed by atoms with Crippen molar-refractivity contribution in [3.05, 3.63) is 71.8 Å². The molecule has 3 rings (SSSR count). The minimum absolute atomic E-state index is 0.00578. The second kappa shape index (κ2) is 8.48. The lowest BCUT2D eigenvalue weighted by Crippen LogP contribution is -2.40. The molecule has 2 aromatic rings. The number of likely N-dealkylation sites (tertiary alicyclic amines) is 1. The van der Waals surface area contributed by atoms with E-state index in [2.05, 4.69) is 5.32 Å². The lowest BCUT2D eigenvalue weighted by atomic mass is 9.95. The summed E-state index contributed by atoms with van der Waals surface area (Å²) in [6.07, 6.45) is 4.84. The molecule has 1 aliphatic rings. The maximum Gasteiger partial charge on any atom is 0.246 e. The molecule has 4 nitrogen and oxygen atoms in total. The molecule has 1 saturated heterocycles. The van der Waals surface area contributed by atoms with Gasteiger partial charge < -0.3 is 10.2 Å². The van der Waals surface area contributed by atoms with E-state index in [0.29, 0.717) is 25.9 Å².